The molecule has 0 heterocycles. The SMILES string of the molecule is N[C@@H](c1cc(F)cc(Br)c1)C1CCCC1. The van der Waals surface area contributed by atoms with Crippen molar-refractivity contribution in [3.05, 3.63) is 34.1 Å². The summed E-state index contributed by atoms with van der Waals surface area (Å²) in [6, 6.07) is 4.92. The van der Waals surface area contributed by atoms with E-state index in [1.165, 1.54) is 31.7 Å². The van der Waals surface area contributed by atoms with Gasteiger partial charge >= 0.3 is 0 Å². The van der Waals surface area contributed by atoms with Crippen molar-refractivity contribution in [3.63, 3.8) is 0 Å². The fraction of sp³-hybridized carbons (Fsp3) is 0.500. The van der Waals surface area contributed by atoms with E-state index < -0.39 is 0 Å². The third kappa shape index (κ3) is 2.58. The van der Waals surface area contributed by atoms with Crippen LogP contribution in [0.3, 0.4) is 0 Å². The number of halogens is 2. The number of hydrogen-bond donors (Lipinski definition) is 1. The van der Waals surface area contributed by atoms with Crippen molar-refractivity contribution < 1.29 is 4.39 Å². The Balaban J connectivity index is 2.20. The van der Waals surface area contributed by atoms with E-state index in [9.17, 15) is 4.39 Å². The fourth-order valence-electron chi connectivity index (χ4n) is 2.36. The summed E-state index contributed by atoms with van der Waals surface area (Å²) < 4.78 is 14.0. The molecule has 1 aromatic carbocycles. The number of nitrogens with two attached hydrogens (primary N) is 1. The molecule has 0 saturated heterocycles. The molecule has 0 amide bonds. The highest BCUT2D eigenvalue weighted by Crippen LogP contribution is 2.35. The van der Waals surface area contributed by atoms with Crippen LogP contribution in [0.1, 0.15) is 37.3 Å². The molecule has 0 aromatic heterocycles. The third-order valence-corrected chi connectivity index (χ3v) is 3.64. The summed E-state index contributed by atoms with van der Waals surface area (Å²) in [6.45, 7) is 0. The fourth-order valence-corrected chi connectivity index (χ4v) is 2.84. The Bertz CT molecular complexity index is 327. The van der Waals surface area contributed by atoms with Crippen molar-refractivity contribution in [3.8, 4) is 0 Å². The molecule has 15 heavy (non-hydrogen) atoms. The van der Waals surface area contributed by atoms with Crippen LogP contribution >= 0.6 is 15.9 Å². The van der Waals surface area contributed by atoms with Gasteiger partial charge in [0.25, 0.3) is 0 Å². The Kier molecular flexibility index (Phi) is 3.42. The smallest absolute Gasteiger partial charge is 0.124 e. The van der Waals surface area contributed by atoms with Crippen LogP contribution in [-0.2, 0) is 0 Å². The molecule has 82 valence electrons. The van der Waals surface area contributed by atoms with Gasteiger partial charge in [-0.1, -0.05) is 28.8 Å². The molecular formula is C12H15BrFN. The van der Waals surface area contributed by atoms with Gasteiger partial charge in [0.05, 0.1) is 0 Å². The highest BCUT2D eigenvalue weighted by Gasteiger charge is 2.23. The molecule has 1 aliphatic carbocycles. The normalized spacial score (nSPS) is 19.4. The first-order chi connectivity index (χ1) is 7.16. The Morgan fingerprint density at radius 2 is 1.93 bits per heavy atom. The van der Waals surface area contributed by atoms with Gasteiger partial charge in [0.2, 0.25) is 0 Å². The van der Waals surface area contributed by atoms with Gasteiger partial charge < -0.3 is 5.73 Å². The minimum absolute atomic E-state index is 0.0144. The third-order valence-electron chi connectivity index (χ3n) is 3.18. The van der Waals surface area contributed by atoms with Crippen LogP contribution in [0.4, 0.5) is 4.39 Å². The summed E-state index contributed by atoms with van der Waals surface area (Å²) in [5, 5.41) is 0. The lowest BCUT2D eigenvalue weighted by Gasteiger charge is -2.19. The number of benzene rings is 1. The predicted octanol–water partition coefficient (Wildman–Crippen LogP) is 3.78. The largest absolute Gasteiger partial charge is 0.324 e. The van der Waals surface area contributed by atoms with Gasteiger partial charge in [0.1, 0.15) is 5.82 Å². The van der Waals surface area contributed by atoms with Crippen molar-refractivity contribution >= 4 is 15.9 Å². The monoisotopic (exact) mass is 271 g/mol. The Morgan fingerprint density at radius 1 is 1.27 bits per heavy atom. The summed E-state index contributed by atoms with van der Waals surface area (Å²) in [6.07, 6.45) is 4.87. The standard InChI is InChI=1S/C12H15BrFN/c13-10-5-9(6-11(14)7-10)12(15)8-3-1-2-4-8/h5-8,12H,1-4,15H2/t12-/m1/s1. The van der Waals surface area contributed by atoms with Crippen molar-refractivity contribution in [2.45, 2.75) is 31.7 Å². The highest BCUT2D eigenvalue weighted by molar-refractivity contribution is 9.10. The maximum Gasteiger partial charge on any atom is 0.124 e. The van der Waals surface area contributed by atoms with E-state index in [4.69, 9.17) is 5.73 Å². The van der Waals surface area contributed by atoms with Crippen LogP contribution in [0, 0.1) is 11.7 Å². The van der Waals surface area contributed by atoms with Crippen molar-refractivity contribution in [2.75, 3.05) is 0 Å². The maximum absolute atomic E-state index is 13.2. The minimum atomic E-state index is -0.215. The average molecular weight is 272 g/mol. The van der Waals surface area contributed by atoms with Crippen LogP contribution in [-0.4, -0.2) is 0 Å². The van der Waals surface area contributed by atoms with E-state index in [0.29, 0.717) is 5.92 Å². The molecule has 1 saturated carbocycles. The van der Waals surface area contributed by atoms with Crippen molar-refractivity contribution in [2.24, 2.45) is 11.7 Å². The molecule has 1 aromatic rings. The second kappa shape index (κ2) is 4.62. The van der Waals surface area contributed by atoms with E-state index in [1.54, 1.807) is 6.07 Å². The van der Waals surface area contributed by atoms with Crippen LogP contribution in [0.15, 0.2) is 22.7 Å². The van der Waals surface area contributed by atoms with Gasteiger partial charge in [-0.3, -0.25) is 0 Å². The second-order valence-corrected chi connectivity index (χ2v) is 5.19. The van der Waals surface area contributed by atoms with Gasteiger partial charge in [-0.05, 0) is 42.5 Å². The van der Waals surface area contributed by atoms with Crippen LogP contribution < -0.4 is 5.73 Å². The molecule has 2 N–H and O–H groups in total. The van der Waals surface area contributed by atoms with Crippen LogP contribution in [0.5, 0.6) is 0 Å². The van der Waals surface area contributed by atoms with Gasteiger partial charge in [0.15, 0.2) is 0 Å². The van der Waals surface area contributed by atoms with Crippen LogP contribution in [0.2, 0.25) is 0 Å². The van der Waals surface area contributed by atoms with E-state index in [1.807, 2.05) is 6.07 Å². The lowest BCUT2D eigenvalue weighted by Crippen LogP contribution is -2.19. The maximum atomic E-state index is 13.2. The zero-order valence-corrected chi connectivity index (χ0v) is 10.1. The van der Waals surface area contributed by atoms with E-state index in [2.05, 4.69) is 15.9 Å². The second-order valence-electron chi connectivity index (χ2n) is 4.27. The summed E-state index contributed by atoms with van der Waals surface area (Å²) in [4.78, 5) is 0. The van der Waals surface area contributed by atoms with Gasteiger partial charge in [0, 0.05) is 10.5 Å². The Morgan fingerprint density at radius 3 is 2.53 bits per heavy atom. The molecular weight excluding hydrogens is 257 g/mol. The molecule has 0 bridgehead atoms. The molecule has 0 spiro atoms. The van der Waals surface area contributed by atoms with Crippen molar-refractivity contribution in [1.29, 1.82) is 0 Å². The molecule has 1 aliphatic rings. The summed E-state index contributed by atoms with van der Waals surface area (Å²) in [5.74, 6) is 0.312. The lowest BCUT2D eigenvalue weighted by atomic mass is 9.92. The molecule has 0 radical (unpaired) electrons. The topological polar surface area (TPSA) is 26.0 Å². The summed E-state index contributed by atoms with van der Waals surface area (Å²) >= 11 is 3.29. The minimum Gasteiger partial charge on any atom is -0.324 e. The first-order valence-corrected chi connectivity index (χ1v) is 6.17. The zero-order chi connectivity index (χ0) is 10.8. The summed E-state index contributed by atoms with van der Waals surface area (Å²) in [5.41, 5.74) is 7.06. The predicted molar refractivity (Wildman–Crippen MR) is 63.0 cm³/mol. The zero-order valence-electron chi connectivity index (χ0n) is 8.55. The highest BCUT2D eigenvalue weighted by atomic mass is 79.9. The lowest BCUT2D eigenvalue weighted by molar-refractivity contribution is 0.443. The Hall–Kier alpha value is -0.410. The number of rotatable bonds is 2. The molecule has 3 heteroatoms. The van der Waals surface area contributed by atoms with Gasteiger partial charge in [-0.25, -0.2) is 4.39 Å². The first-order valence-electron chi connectivity index (χ1n) is 5.38. The summed E-state index contributed by atoms with van der Waals surface area (Å²) in [7, 11) is 0. The molecule has 1 fully saturated rings. The van der Waals surface area contributed by atoms with E-state index >= 15 is 0 Å². The first kappa shape index (κ1) is 11.1. The Labute approximate surface area is 98.0 Å². The average Bonchev–Trinajstić information content (AvgIpc) is 2.67. The van der Waals surface area contributed by atoms with E-state index in [-0.39, 0.29) is 11.9 Å². The van der Waals surface area contributed by atoms with Crippen molar-refractivity contribution in [1.82, 2.24) is 0 Å². The number of hydrogen-bond acceptors (Lipinski definition) is 1. The molecule has 2 rings (SSSR count). The van der Waals surface area contributed by atoms with Gasteiger partial charge in [-0.15, -0.1) is 0 Å². The quantitative estimate of drug-likeness (QED) is 0.871. The molecule has 1 nitrogen and oxygen atoms in total. The van der Waals surface area contributed by atoms with Gasteiger partial charge in [-0.2, -0.15) is 0 Å². The molecule has 0 aliphatic heterocycles. The van der Waals surface area contributed by atoms with E-state index in [0.717, 1.165) is 10.0 Å². The molecule has 1 atom stereocenters. The molecule has 0 unspecified atom stereocenters. The van der Waals surface area contributed by atoms with Crippen LogP contribution in [0.25, 0.3) is 0 Å².